The van der Waals surface area contributed by atoms with Gasteiger partial charge in [0.1, 0.15) is 0 Å². The van der Waals surface area contributed by atoms with E-state index in [0.717, 1.165) is 32.8 Å². The summed E-state index contributed by atoms with van der Waals surface area (Å²) in [5.41, 5.74) is 5.40. The molecule has 2 rings (SSSR count). The van der Waals surface area contributed by atoms with Crippen LogP contribution in [-0.2, 0) is 22.6 Å². The predicted molar refractivity (Wildman–Crippen MR) is 72.7 cm³/mol. The summed E-state index contributed by atoms with van der Waals surface area (Å²) in [5.74, 6) is 0. The molecule has 0 N–H and O–H groups in total. The van der Waals surface area contributed by atoms with Crippen LogP contribution in [0.4, 0.5) is 0 Å². The molecule has 100 valence electrons. The number of methoxy groups -OCH3 is 1. The number of aryl methyl sites for hydroxylation is 2. The van der Waals surface area contributed by atoms with E-state index in [-0.39, 0.29) is 0 Å². The Morgan fingerprint density at radius 3 is 2.33 bits per heavy atom. The minimum absolute atomic E-state index is 0.695. The lowest BCUT2D eigenvalue weighted by molar-refractivity contribution is 0.0338. The van der Waals surface area contributed by atoms with E-state index in [1.807, 2.05) is 0 Å². The smallest absolute Gasteiger partial charge is 0.0716 e. The molecule has 1 aromatic rings. The molecule has 3 nitrogen and oxygen atoms in total. The molecule has 0 aromatic heterocycles. The predicted octanol–water partition coefficient (Wildman–Crippen LogP) is 2.28. The van der Waals surface area contributed by atoms with Crippen molar-refractivity contribution in [1.82, 2.24) is 4.90 Å². The van der Waals surface area contributed by atoms with E-state index in [1.165, 1.54) is 22.3 Å². The van der Waals surface area contributed by atoms with Gasteiger partial charge in [-0.3, -0.25) is 4.90 Å². The molecule has 0 spiro atoms. The quantitative estimate of drug-likeness (QED) is 0.817. The first-order valence-electron chi connectivity index (χ1n) is 6.58. The second-order valence-corrected chi connectivity index (χ2v) is 5.03. The van der Waals surface area contributed by atoms with Crippen molar-refractivity contribution in [3.63, 3.8) is 0 Å². The van der Waals surface area contributed by atoms with Crippen molar-refractivity contribution in [2.45, 2.75) is 27.0 Å². The first kappa shape index (κ1) is 13.5. The zero-order valence-electron chi connectivity index (χ0n) is 11.7. The maximum Gasteiger partial charge on any atom is 0.0716 e. The molecule has 0 bridgehead atoms. The zero-order valence-corrected chi connectivity index (χ0v) is 11.7. The van der Waals surface area contributed by atoms with E-state index in [1.54, 1.807) is 7.11 Å². The normalized spacial score (nSPS) is 17.1. The van der Waals surface area contributed by atoms with Crippen molar-refractivity contribution in [3.8, 4) is 0 Å². The number of hydrogen-bond donors (Lipinski definition) is 0. The van der Waals surface area contributed by atoms with E-state index in [2.05, 4.69) is 30.9 Å². The van der Waals surface area contributed by atoms with Gasteiger partial charge in [0.15, 0.2) is 0 Å². The molecule has 1 aliphatic rings. The van der Waals surface area contributed by atoms with Gasteiger partial charge in [-0.25, -0.2) is 0 Å². The summed E-state index contributed by atoms with van der Waals surface area (Å²) in [5, 5.41) is 0. The second-order valence-electron chi connectivity index (χ2n) is 5.03. The van der Waals surface area contributed by atoms with E-state index >= 15 is 0 Å². The Morgan fingerprint density at radius 1 is 1.11 bits per heavy atom. The molecule has 0 saturated carbocycles. The van der Waals surface area contributed by atoms with Crippen LogP contribution in [0.5, 0.6) is 0 Å². The second kappa shape index (κ2) is 6.32. The van der Waals surface area contributed by atoms with Crippen LogP contribution in [0.15, 0.2) is 12.1 Å². The van der Waals surface area contributed by atoms with Crippen molar-refractivity contribution < 1.29 is 9.47 Å². The lowest BCUT2D eigenvalue weighted by atomic mass is 9.99. The largest absolute Gasteiger partial charge is 0.380 e. The highest BCUT2D eigenvalue weighted by Crippen LogP contribution is 2.19. The molecule has 1 saturated heterocycles. The fourth-order valence-electron chi connectivity index (χ4n) is 2.37. The zero-order chi connectivity index (χ0) is 13.0. The van der Waals surface area contributed by atoms with Crippen LogP contribution in [0.3, 0.4) is 0 Å². The lowest BCUT2D eigenvalue weighted by Gasteiger charge is -2.27. The van der Waals surface area contributed by atoms with Gasteiger partial charge in [-0.2, -0.15) is 0 Å². The maximum atomic E-state index is 5.39. The lowest BCUT2D eigenvalue weighted by Crippen LogP contribution is -2.35. The number of rotatable bonds is 4. The third-order valence-electron chi connectivity index (χ3n) is 3.61. The summed E-state index contributed by atoms with van der Waals surface area (Å²) in [4.78, 5) is 2.45. The van der Waals surface area contributed by atoms with Gasteiger partial charge in [-0.15, -0.1) is 0 Å². The Morgan fingerprint density at radius 2 is 1.72 bits per heavy atom. The van der Waals surface area contributed by atoms with Crippen molar-refractivity contribution >= 4 is 0 Å². The average Bonchev–Trinajstić information content (AvgIpc) is 2.37. The molecule has 0 radical (unpaired) electrons. The van der Waals surface area contributed by atoms with E-state index in [9.17, 15) is 0 Å². The summed E-state index contributed by atoms with van der Waals surface area (Å²) in [6.45, 7) is 9.79. The molecule has 3 heteroatoms. The van der Waals surface area contributed by atoms with Crippen molar-refractivity contribution in [2.75, 3.05) is 33.4 Å². The molecule has 1 heterocycles. The summed E-state index contributed by atoms with van der Waals surface area (Å²) < 4.78 is 10.7. The highest BCUT2D eigenvalue weighted by molar-refractivity contribution is 5.37. The topological polar surface area (TPSA) is 21.7 Å². The summed E-state index contributed by atoms with van der Waals surface area (Å²) >= 11 is 0. The van der Waals surface area contributed by atoms with Gasteiger partial charge in [0.25, 0.3) is 0 Å². The first-order chi connectivity index (χ1) is 8.70. The first-order valence-corrected chi connectivity index (χ1v) is 6.58. The third-order valence-corrected chi connectivity index (χ3v) is 3.61. The number of hydrogen-bond acceptors (Lipinski definition) is 3. The van der Waals surface area contributed by atoms with Crippen molar-refractivity contribution in [3.05, 3.63) is 34.4 Å². The van der Waals surface area contributed by atoms with E-state index < -0.39 is 0 Å². The Hall–Kier alpha value is -0.900. The van der Waals surface area contributed by atoms with E-state index in [4.69, 9.17) is 9.47 Å². The molecule has 0 atom stereocenters. The van der Waals surface area contributed by atoms with Crippen LogP contribution < -0.4 is 0 Å². The third kappa shape index (κ3) is 3.31. The van der Waals surface area contributed by atoms with E-state index in [0.29, 0.717) is 6.61 Å². The van der Waals surface area contributed by atoms with Gasteiger partial charge in [-0.05, 0) is 36.1 Å². The Bertz CT molecular complexity index is 398. The molecule has 1 fully saturated rings. The van der Waals surface area contributed by atoms with Gasteiger partial charge in [-0.1, -0.05) is 12.1 Å². The maximum absolute atomic E-state index is 5.39. The van der Waals surface area contributed by atoms with Crippen LogP contribution in [0.1, 0.15) is 22.3 Å². The Kier molecular flexibility index (Phi) is 4.75. The average molecular weight is 249 g/mol. The summed E-state index contributed by atoms with van der Waals surface area (Å²) in [7, 11) is 1.76. The van der Waals surface area contributed by atoms with Crippen LogP contribution in [-0.4, -0.2) is 38.3 Å². The molecule has 1 aromatic carbocycles. The number of morpholine rings is 1. The summed E-state index contributed by atoms with van der Waals surface area (Å²) in [6.07, 6.45) is 0. The SMILES string of the molecule is COCc1cc(C)c(C)cc1CN1CCOCC1. The van der Waals surface area contributed by atoms with Crippen molar-refractivity contribution in [2.24, 2.45) is 0 Å². The molecular formula is C15H23NO2. The minimum atomic E-state index is 0.695. The van der Waals surface area contributed by atoms with Crippen LogP contribution in [0, 0.1) is 13.8 Å². The number of ether oxygens (including phenoxy) is 2. The Labute approximate surface area is 110 Å². The highest BCUT2D eigenvalue weighted by atomic mass is 16.5. The van der Waals surface area contributed by atoms with Gasteiger partial charge in [0, 0.05) is 26.7 Å². The number of nitrogens with zero attached hydrogens (tertiary/aromatic N) is 1. The van der Waals surface area contributed by atoms with Crippen LogP contribution >= 0.6 is 0 Å². The monoisotopic (exact) mass is 249 g/mol. The summed E-state index contributed by atoms with van der Waals surface area (Å²) in [6, 6.07) is 4.56. The van der Waals surface area contributed by atoms with Gasteiger partial charge >= 0.3 is 0 Å². The molecule has 0 unspecified atom stereocenters. The fraction of sp³-hybridized carbons (Fsp3) is 0.600. The highest BCUT2D eigenvalue weighted by Gasteiger charge is 2.13. The van der Waals surface area contributed by atoms with Crippen molar-refractivity contribution in [1.29, 1.82) is 0 Å². The van der Waals surface area contributed by atoms with Gasteiger partial charge in [0.05, 0.1) is 19.8 Å². The molecule has 0 amide bonds. The standard InChI is InChI=1S/C15H23NO2/c1-12-8-14(10-16-4-6-18-7-5-16)15(11-17-3)9-13(12)2/h8-9H,4-7,10-11H2,1-3H3. The molecule has 18 heavy (non-hydrogen) atoms. The van der Waals surface area contributed by atoms with Crippen LogP contribution in [0.2, 0.25) is 0 Å². The Balaban J connectivity index is 2.16. The molecule has 1 aliphatic heterocycles. The van der Waals surface area contributed by atoms with Gasteiger partial charge in [0.2, 0.25) is 0 Å². The minimum Gasteiger partial charge on any atom is -0.380 e. The molecule has 0 aliphatic carbocycles. The molecular weight excluding hydrogens is 226 g/mol. The fourth-order valence-corrected chi connectivity index (χ4v) is 2.37. The van der Waals surface area contributed by atoms with Gasteiger partial charge < -0.3 is 9.47 Å². The number of benzene rings is 1. The van der Waals surface area contributed by atoms with Crippen LogP contribution in [0.25, 0.3) is 0 Å².